The summed E-state index contributed by atoms with van der Waals surface area (Å²) in [7, 11) is 0. The van der Waals surface area contributed by atoms with Crippen LogP contribution >= 0.6 is 0 Å². The van der Waals surface area contributed by atoms with Gasteiger partial charge in [-0.25, -0.2) is 14.5 Å². The Morgan fingerprint density at radius 3 is 3.00 bits per heavy atom. The molecule has 0 aromatic carbocycles. The van der Waals surface area contributed by atoms with Gasteiger partial charge < -0.3 is 15.6 Å². The SMILES string of the molecule is CC(=O)N[C@]1(C)C[C@H](Nc2ncc3c(-c4ccn5nccc5n4)c[nH]c3n2)C1. The van der Waals surface area contributed by atoms with Crippen LogP contribution in [0.1, 0.15) is 26.7 Å². The van der Waals surface area contributed by atoms with Gasteiger partial charge in [0.05, 0.1) is 11.9 Å². The van der Waals surface area contributed by atoms with E-state index in [9.17, 15) is 4.79 Å². The van der Waals surface area contributed by atoms with Gasteiger partial charge in [0, 0.05) is 54.1 Å². The standard InChI is InChI=1S/C19H20N8O/c1-11(28)26-19(2)7-12(8-19)23-18-21-10-14-13(9-20-17(14)25-18)15-4-6-27-16(24-15)3-5-22-27/h3-6,9-10,12H,7-8H2,1-2H3,(H,26,28)(H2,20,21,23,25)/t12-,19+. The Morgan fingerprint density at radius 1 is 1.32 bits per heavy atom. The van der Waals surface area contributed by atoms with Crippen LogP contribution in [0.2, 0.25) is 0 Å². The molecule has 1 amide bonds. The third-order valence-corrected chi connectivity index (χ3v) is 5.17. The number of nitrogens with zero attached hydrogens (tertiary/aromatic N) is 5. The fraction of sp³-hybridized carbons (Fsp3) is 0.316. The van der Waals surface area contributed by atoms with Crippen molar-refractivity contribution < 1.29 is 4.79 Å². The zero-order valence-electron chi connectivity index (χ0n) is 15.6. The van der Waals surface area contributed by atoms with Crippen LogP contribution < -0.4 is 10.6 Å². The second kappa shape index (κ2) is 6.01. The molecule has 0 atom stereocenters. The summed E-state index contributed by atoms with van der Waals surface area (Å²) in [4.78, 5) is 28.2. The number of aromatic nitrogens is 6. The van der Waals surface area contributed by atoms with Crippen molar-refractivity contribution in [2.75, 3.05) is 5.32 Å². The fourth-order valence-electron chi connectivity index (χ4n) is 3.99. The highest BCUT2D eigenvalue weighted by Gasteiger charge is 2.41. The predicted molar refractivity (Wildman–Crippen MR) is 105 cm³/mol. The lowest BCUT2D eigenvalue weighted by Crippen LogP contribution is -2.59. The van der Waals surface area contributed by atoms with Crippen LogP contribution in [-0.4, -0.2) is 47.0 Å². The minimum Gasteiger partial charge on any atom is -0.351 e. The summed E-state index contributed by atoms with van der Waals surface area (Å²) in [6, 6.07) is 4.03. The van der Waals surface area contributed by atoms with Gasteiger partial charge in [-0.1, -0.05) is 0 Å². The summed E-state index contributed by atoms with van der Waals surface area (Å²) in [5, 5.41) is 11.4. The van der Waals surface area contributed by atoms with Gasteiger partial charge in [-0.2, -0.15) is 10.1 Å². The third kappa shape index (κ3) is 2.84. The van der Waals surface area contributed by atoms with E-state index in [0.717, 1.165) is 40.8 Å². The van der Waals surface area contributed by atoms with Gasteiger partial charge in [0.15, 0.2) is 5.65 Å². The van der Waals surface area contributed by atoms with E-state index >= 15 is 0 Å². The highest BCUT2D eigenvalue weighted by Crippen LogP contribution is 2.34. The van der Waals surface area contributed by atoms with E-state index < -0.39 is 0 Å². The van der Waals surface area contributed by atoms with Gasteiger partial charge in [0.2, 0.25) is 11.9 Å². The maximum Gasteiger partial charge on any atom is 0.224 e. The number of H-pyrrole nitrogens is 1. The van der Waals surface area contributed by atoms with Crippen molar-refractivity contribution in [3.05, 3.63) is 36.9 Å². The number of nitrogens with one attached hydrogen (secondary N) is 3. The maximum absolute atomic E-state index is 11.3. The normalized spacial score (nSPS) is 21.6. The molecular formula is C19H20N8O. The fourth-order valence-corrected chi connectivity index (χ4v) is 3.99. The van der Waals surface area contributed by atoms with Gasteiger partial charge in [-0.3, -0.25) is 4.79 Å². The summed E-state index contributed by atoms with van der Waals surface area (Å²) < 4.78 is 1.73. The first-order chi connectivity index (χ1) is 13.5. The molecular weight excluding hydrogens is 356 g/mol. The summed E-state index contributed by atoms with van der Waals surface area (Å²) >= 11 is 0. The Morgan fingerprint density at radius 2 is 2.18 bits per heavy atom. The lowest BCUT2D eigenvalue weighted by atomic mass is 9.74. The number of anilines is 1. The highest BCUT2D eigenvalue weighted by atomic mass is 16.1. The first kappa shape index (κ1) is 16.7. The van der Waals surface area contributed by atoms with Gasteiger partial charge in [-0.15, -0.1) is 0 Å². The Balaban J connectivity index is 1.36. The van der Waals surface area contributed by atoms with Gasteiger partial charge in [0.1, 0.15) is 5.65 Å². The second-order valence-corrected chi connectivity index (χ2v) is 7.60. The van der Waals surface area contributed by atoms with E-state index in [2.05, 4.69) is 42.6 Å². The number of fused-ring (bicyclic) bond motifs is 2. The van der Waals surface area contributed by atoms with Gasteiger partial charge >= 0.3 is 0 Å². The quantitative estimate of drug-likeness (QED) is 0.503. The van der Waals surface area contributed by atoms with Crippen LogP contribution in [0, 0.1) is 0 Å². The van der Waals surface area contributed by atoms with Crippen LogP contribution in [0.5, 0.6) is 0 Å². The predicted octanol–water partition coefficient (Wildman–Crippen LogP) is 2.14. The zero-order valence-corrected chi connectivity index (χ0v) is 15.6. The topological polar surface area (TPSA) is 113 Å². The lowest BCUT2D eigenvalue weighted by molar-refractivity contribution is -0.121. The van der Waals surface area contributed by atoms with E-state index in [4.69, 9.17) is 0 Å². The number of rotatable bonds is 4. The molecule has 3 N–H and O–H groups in total. The molecule has 1 saturated carbocycles. The smallest absolute Gasteiger partial charge is 0.224 e. The van der Waals surface area contributed by atoms with Crippen molar-refractivity contribution in [1.82, 2.24) is 34.9 Å². The van der Waals surface area contributed by atoms with Crippen molar-refractivity contribution in [2.24, 2.45) is 0 Å². The highest BCUT2D eigenvalue weighted by molar-refractivity contribution is 5.92. The Bertz CT molecular complexity index is 1190. The molecule has 0 saturated heterocycles. The summed E-state index contributed by atoms with van der Waals surface area (Å²) in [5.74, 6) is 0.579. The molecule has 0 spiro atoms. The number of carbonyl (C=O) groups excluding carboxylic acids is 1. The summed E-state index contributed by atoms with van der Waals surface area (Å²) in [6.45, 7) is 3.60. The molecule has 0 radical (unpaired) electrons. The van der Waals surface area contributed by atoms with Crippen molar-refractivity contribution in [1.29, 1.82) is 0 Å². The first-order valence-corrected chi connectivity index (χ1v) is 9.19. The number of hydrogen-bond donors (Lipinski definition) is 3. The molecule has 142 valence electrons. The molecule has 9 heteroatoms. The minimum absolute atomic E-state index is 0.000242. The van der Waals surface area contributed by atoms with Crippen molar-refractivity contribution in [3.63, 3.8) is 0 Å². The molecule has 1 fully saturated rings. The van der Waals surface area contributed by atoms with Crippen LogP contribution in [0.3, 0.4) is 0 Å². The number of hydrogen-bond acceptors (Lipinski definition) is 6. The van der Waals surface area contributed by atoms with E-state index in [-0.39, 0.29) is 17.5 Å². The molecule has 4 heterocycles. The molecule has 4 aromatic heterocycles. The lowest BCUT2D eigenvalue weighted by Gasteiger charge is -2.45. The minimum atomic E-state index is -0.148. The van der Waals surface area contributed by atoms with Crippen LogP contribution in [0.25, 0.3) is 27.9 Å². The van der Waals surface area contributed by atoms with Crippen molar-refractivity contribution >= 4 is 28.5 Å². The van der Waals surface area contributed by atoms with Crippen LogP contribution in [-0.2, 0) is 4.79 Å². The molecule has 0 aliphatic heterocycles. The molecule has 28 heavy (non-hydrogen) atoms. The largest absolute Gasteiger partial charge is 0.351 e. The number of amides is 1. The average Bonchev–Trinajstić information content (AvgIpc) is 3.25. The van der Waals surface area contributed by atoms with Crippen molar-refractivity contribution in [3.8, 4) is 11.3 Å². The molecule has 5 rings (SSSR count). The molecule has 4 aromatic rings. The summed E-state index contributed by atoms with van der Waals surface area (Å²) in [6.07, 6.45) is 9.01. The Kier molecular flexibility index (Phi) is 3.58. The molecule has 0 unspecified atom stereocenters. The maximum atomic E-state index is 11.3. The molecule has 1 aliphatic carbocycles. The van der Waals surface area contributed by atoms with E-state index in [1.807, 2.05) is 30.7 Å². The molecule has 9 nitrogen and oxygen atoms in total. The second-order valence-electron chi connectivity index (χ2n) is 7.60. The molecule has 1 aliphatic rings. The van der Waals surface area contributed by atoms with Crippen LogP contribution in [0.4, 0.5) is 5.95 Å². The Hall–Kier alpha value is -3.49. The summed E-state index contributed by atoms with van der Waals surface area (Å²) in [5.41, 5.74) is 3.19. The average molecular weight is 376 g/mol. The van der Waals surface area contributed by atoms with E-state index in [0.29, 0.717) is 5.95 Å². The third-order valence-electron chi connectivity index (χ3n) is 5.17. The monoisotopic (exact) mass is 376 g/mol. The van der Waals surface area contributed by atoms with E-state index in [1.165, 1.54) is 0 Å². The molecule has 0 bridgehead atoms. The number of carbonyl (C=O) groups is 1. The first-order valence-electron chi connectivity index (χ1n) is 9.19. The van der Waals surface area contributed by atoms with Gasteiger partial charge in [-0.05, 0) is 25.8 Å². The van der Waals surface area contributed by atoms with Crippen LogP contribution in [0.15, 0.2) is 36.9 Å². The van der Waals surface area contributed by atoms with E-state index in [1.54, 1.807) is 17.6 Å². The Labute approximate surface area is 160 Å². The number of aromatic amines is 1. The van der Waals surface area contributed by atoms with Gasteiger partial charge in [0.25, 0.3) is 0 Å². The van der Waals surface area contributed by atoms with Crippen molar-refractivity contribution in [2.45, 2.75) is 38.3 Å². The zero-order chi connectivity index (χ0) is 19.3.